The van der Waals surface area contributed by atoms with Crippen LogP contribution in [0.4, 0.5) is 0 Å². The highest BCUT2D eigenvalue weighted by molar-refractivity contribution is 8.01. The molecule has 0 aromatic rings. The SMILES string of the molecule is CSCC[C@@H](NC(=O)C1CSC2(C)CCC(=O)N12)C(=O)O. The van der Waals surface area contributed by atoms with Gasteiger partial charge in [-0.3, -0.25) is 9.59 Å². The molecule has 118 valence electrons. The molecule has 21 heavy (non-hydrogen) atoms. The van der Waals surface area contributed by atoms with Crippen molar-refractivity contribution in [3.8, 4) is 0 Å². The Morgan fingerprint density at radius 1 is 1.62 bits per heavy atom. The summed E-state index contributed by atoms with van der Waals surface area (Å²) in [5.41, 5.74) is 0. The highest BCUT2D eigenvalue weighted by Gasteiger charge is 2.53. The van der Waals surface area contributed by atoms with Crippen LogP contribution < -0.4 is 5.32 Å². The van der Waals surface area contributed by atoms with Crippen LogP contribution >= 0.6 is 23.5 Å². The Balaban J connectivity index is 2.03. The molecule has 0 radical (unpaired) electrons. The van der Waals surface area contributed by atoms with Gasteiger partial charge in [-0.05, 0) is 31.8 Å². The number of aliphatic carboxylic acids is 1. The quantitative estimate of drug-likeness (QED) is 0.747. The number of thioether (sulfide) groups is 2. The van der Waals surface area contributed by atoms with E-state index in [-0.39, 0.29) is 16.7 Å². The van der Waals surface area contributed by atoms with Crippen molar-refractivity contribution in [2.45, 2.75) is 43.1 Å². The van der Waals surface area contributed by atoms with Crippen molar-refractivity contribution in [2.75, 3.05) is 17.8 Å². The van der Waals surface area contributed by atoms with E-state index < -0.39 is 18.1 Å². The molecule has 0 bridgehead atoms. The van der Waals surface area contributed by atoms with Crippen molar-refractivity contribution in [1.29, 1.82) is 0 Å². The van der Waals surface area contributed by atoms with Gasteiger partial charge in [-0.25, -0.2) is 4.79 Å². The van der Waals surface area contributed by atoms with Gasteiger partial charge >= 0.3 is 5.97 Å². The van der Waals surface area contributed by atoms with E-state index in [2.05, 4.69) is 5.32 Å². The van der Waals surface area contributed by atoms with Crippen LogP contribution in [0.3, 0.4) is 0 Å². The van der Waals surface area contributed by atoms with Crippen LogP contribution in [-0.4, -0.2) is 62.5 Å². The van der Waals surface area contributed by atoms with Gasteiger partial charge in [0, 0.05) is 12.2 Å². The summed E-state index contributed by atoms with van der Waals surface area (Å²) in [5.74, 6) is -0.202. The summed E-state index contributed by atoms with van der Waals surface area (Å²) in [7, 11) is 0. The van der Waals surface area contributed by atoms with E-state index in [9.17, 15) is 19.5 Å². The average molecular weight is 332 g/mol. The van der Waals surface area contributed by atoms with E-state index in [1.54, 1.807) is 16.7 Å². The molecule has 0 aromatic carbocycles. The summed E-state index contributed by atoms with van der Waals surface area (Å²) >= 11 is 3.14. The third-order valence-corrected chi connectivity index (χ3v) is 6.12. The molecule has 2 fully saturated rings. The standard InChI is InChI=1S/C13H20N2O4S2/c1-13-5-3-10(16)15(13)9(7-21-13)11(17)14-8(12(18)19)4-6-20-2/h8-9H,3-7H2,1-2H3,(H,14,17)(H,18,19)/t8-,9?,13?/m1/s1. The zero-order valence-electron chi connectivity index (χ0n) is 12.1. The number of rotatable bonds is 6. The molecule has 0 saturated carbocycles. The monoisotopic (exact) mass is 332 g/mol. The molecule has 0 aromatic heterocycles. The molecule has 2 amide bonds. The predicted octanol–water partition coefficient (Wildman–Crippen LogP) is 0.763. The number of amides is 2. The van der Waals surface area contributed by atoms with Gasteiger partial charge in [0.1, 0.15) is 12.1 Å². The van der Waals surface area contributed by atoms with Crippen LogP contribution in [0.15, 0.2) is 0 Å². The van der Waals surface area contributed by atoms with Crippen molar-refractivity contribution in [1.82, 2.24) is 10.2 Å². The molecule has 8 heteroatoms. The lowest BCUT2D eigenvalue weighted by molar-refractivity contribution is -0.143. The Hall–Kier alpha value is -0.890. The molecule has 2 N–H and O–H groups in total. The Kier molecular flexibility index (Phi) is 5.08. The minimum atomic E-state index is -1.03. The minimum Gasteiger partial charge on any atom is -0.480 e. The highest BCUT2D eigenvalue weighted by Crippen LogP contribution is 2.47. The number of carbonyl (C=O) groups excluding carboxylic acids is 2. The Morgan fingerprint density at radius 2 is 2.33 bits per heavy atom. The molecule has 2 saturated heterocycles. The third kappa shape index (κ3) is 3.31. The smallest absolute Gasteiger partial charge is 0.326 e. The van der Waals surface area contributed by atoms with E-state index in [0.29, 0.717) is 24.3 Å². The van der Waals surface area contributed by atoms with Crippen molar-refractivity contribution in [2.24, 2.45) is 0 Å². The van der Waals surface area contributed by atoms with E-state index in [1.165, 1.54) is 11.8 Å². The summed E-state index contributed by atoms with van der Waals surface area (Å²) in [4.78, 5) is 36.9. The normalized spacial score (nSPS) is 29.3. The van der Waals surface area contributed by atoms with Gasteiger partial charge < -0.3 is 15.3 Å². The predicted molar refractivity (Wildman–Crippen MR) is 83.3 cm³/mol. The summed E-state index contributed by atoms with van der Waals surface area (Å²) in [6.45, 7) is 1.97. The first-order valence-electron chi connectivity index (χ1n) is 6.87. The molecule has 0 spiro atoms. The second-order valence-corrected chi connectivity index (χ2v) is 7.93. The van der Waals surface area contributed by atoms with Crippen LogP contribution in [-0.2, 0) is 14.4 Å². The maximum absolute atomic E-state index is 12.4. The van der Waals surface area contributed by atoms with Crippen molar-refractivity contribution in [3.05, 3.63) is 0 Å². The maximum Gasteiger partial charge on any atom is 0.326 e. The van der Waals surface area contributed by atoms with Crippen LogP contribution in [0.1, 0.15) is 26.2 Å². The van der Waals surface area contributed by atoms with Gasteiger partial charge in [-0.2, -0.15) is 11.8 Å². The molecular formula is C13H20N2O4S2. The highest BCUT2D eigenvalue weighted by atomic mass is 32.2. The first-order chi connectivity index (χ1) is 9.89. The second-order valence-electron chi connectivity index (χ2n) is 5.45. The molecule has 2 unspecified atom stereocenters. The zero-order chi connectivity index (χ0) is 15.6. The molecular weight excluding hydrogens is 312 g/mol. The molecule has 2 aliphatic rings. The van der Waals surface area contributed by atoms with Gasteiger partial charge in [0.25, 0.3) is 0 Å². The van der Waals surface area contributed by atoms with Crippen molar-refractivity contribution < 1.29 is 19.5 Å². The number of fused-ring (bicyclic) bond motifs is 1. The summed E-state index contributed by atoms with van der Waals surface area (Å²) in [6, 6.07) is -1.44. The van der Waals surface area contributed by atoms with Gasteiger partial charge in [-0.15, -0.1) is 11.8 Å². The van der Waals surface area contributed by atoms with Gasteiger partial charge in [0.2, 0.25) is 11.8 Å². The fourth-order valence-corrected chi connectivity index (χ4v) is 4.68. The van der Waals surface area contributed by atoms with Gasteiger partial charge in [0.15, 0.2) is 0 Å². The lowest BCUT2D eigenvalue weighted by Crippen LogP contribution is -2.53. The van der Waals surface area contributed by atoms with Crippen molar-refractivity contribution >= 4 is 41.3 Å². The lowest BCUT2D eigenvalue weighted by Gasteiger charge is -2.30. The fraction of sp³-hybridized carbons (Fsp3) is 0.769. The average Bonchev–Trinajstić information content (AvgIpc) is 2.91. The van der Waals surface area contributed by atoms with Gasteiger partial charge in [0.05, 0.1) is 4.87 Å². The summed E-state index contributed by atoms with van der Waals surface area (Å²) < 4.78 is 0. The van der Waals surface area contributed by atoms with E-state index in [0.717, 1.165) is 6.42 Å². The van der Waals surface area contributed by atoms with E-state index >= 15 is 0 Å². The Morgan fingerprint density at radius 3 is 2.95 bits per heavy atom. The number of nitrogens with zero attached hydrogens (tertiary/aromatic N) is 1. The third-order valence-electron chi connectivity index (χ3n) is 3.97. The number of hydrogen-bond donors (Lipinski definition) is 2. The summed E-state index contributed by atoms with van der Waals surface area (Å²) in [5, 5.41) is 11.8. The fourth-order valence-electron chi connectivity index (χ4n) is 2.78. The minimum absolute atomic E-state index is 0.0151. The number of carbonyl (C=O) groups is 3. The molecule has 2 heterocycles. The molecule has 3 atom stereocenters. The topological polar surface area (TPSA) is 86.7 Å². The van der Waals surface area contributed by atoms with Crippen LogP contribution in [0.5, 0.6) is 0 Å². The van der Waals surface area contributed by atoms with E-state index in [4.69, 9.17) is 0 Å². The second kappa shape index (κ2) is 6.48. The molecule has 0 aliphatic carbocycles. The number of carboxylic acids is 1. The Bertz CT molecular complexity index is 459. The number of hydrogen-bond acceptors (Lipinski definition) is 5. The Labute approximate surface area is 132 Å². The van der Waals surface area contributed by atoms with Crippen LogP contribution in [0, 0.1) is 0 Å². The first kappa shape index (κ1) is 16.5. The molecule has 2 rings (SSSR count). The van der Waals surface area contributed by atoms with Crippen LogP contribution in [0.25, 0.3) is 0 Å². The van der Waals surface area contributed by atoms with Crippen LogP contribution in [0.2, 0.25) is 0 Å². The molecule has 6 nitrogen and oxygen atoms in total. The first-order valence-corrected chi connectivity index (χ1v) is 9.25. The zero-order valence-corrected chi connectivity index (χ0v) is 13.8. The molecule has 2 aliphatic heterocycles. The number of nitrogens with one attached hydrogen (secondary N) is 1. The number of carboxylic acid groups (broad SMARTS) is 1. The van der Waals surface area contributed by atoms with Crippen molar-refractivity contribution in [3.63, 3.8) is 0 Å². The summed E-state index contributed by atoms with van der Waals surface area (Å²) in [6.07, 6.45) is 3.48. The largest absolute Gasteiger partial charge is 0.480 e. The van der Waals surface area contributed by atoms with Gasteiger partial charge in [-0.1, -0.05) is 0 Å². The maximum atomic E-state index is 12.4. The van der Waals surface area contributed by atoms with E-state index in [1.807, 2.05) is 13.2 Å². The lowest BCUT2D eigenvalue weighted by atomic mass is 10.1.